The Balaban J connectivity index is 0.00000220. The van der Waals surface area contributed by atoms with Crippen LogP contribution >= 0.6 is 12.4 Å². The zero-order chi connectivity index (χ0) is 14.8. The molecular formula is C16H20ClNO3. The van der Waals surface area contributed by atoms with Crippen molar-refractivity contribution in [3.05, 3.63) is 47.7 Å². The minimum Gasteiger partial charge on any atom is -0.478 e. The van der Waals surface area contributed by atoms with Crippen LogP contribution in [0.1, 0.15) is 36.9 Å². The summed E-state index contributed by atoms with van der Waals surface area (Å²) in [6.07, 6.45) is 0. The topological polar surface area (TPSA) is 62.5 Å². The highest BCUT2D eigenvalue weighted by Crippen LogP contribution is 2.23. The second kappa shape index (κ2) is 6.78. The maximum atomic E-state index is 10.8. The predicted molar refractivity (Wildman–Crippen MR) is 84.9 cm³/mol. The van der Waals surface area contributed by atoms with Crippen LogP contribution in [-0.4, -0.2) is 16.6 Å². The Morgan fingerprint density at radius 1 is 1.14 bits per heavy atom. The summed E-state index contributed by atoms with van der Waals surface area (Å²) < 4.78 is 5.76. The molecule has 0 unspecified atom stereocenters. The highest BCUT2D eigenvalue weighted by molar-refractivity contribution is 5.88. The largest absolute Gasteiger partial charge is 0.478 e. The SMILES string of the molecule is CC(C)(C)NCc1ccc(-c2ccc(C(=O)O)cc2)o1.Cl. The van der Waals surface area contributed by atoms with Gasteiger partial charge in [0.25, 0.3) is 0 Å². The number of rotatable bonds is 4. The van der Waals surface area contributed by atoms with Gasteiger partial charge in [0.15, 0.2) is 0 Å². The lowest BCUT2D eigenvalue weighted by Crippen LogP contribution is -2.34. The molecule has 0 aliphatic heterocycles. The Morgan fingerprint density at radius 2 is 1.76 bits per heavy atom. The molecule has 5 heteroatoms. The molecule has 1 aromatic carbocycles. The van der Waals surface area contributed by atoms with Crippen molar-refractivity contribution in [2.45, 2.75) is 32.9 Å². The fourth-order valence-corrected chi connectivity index (χ4v) is 1.76. The number of benzene rings is 1. The van der Waals surface area contributed by atoms with E-state index >= 15 is 0 Å². The third-order valence-electron chi connectivity index (χ3n) is 2.87. The third kappa shape index (κ3) is 4.92. The smallest absolute Gasteiger partial charge is 0.335 e. The van der Waals surface area contributed by atoms with Crippen molar-refractivity contribution in [1.29, 1.82) is 0 Å². The Kier molecular flexibility index (Phi) is 5.58. The summed E-state index contributed by atoms with van der Waals surface area (Å²) in [5.41, 5.74) is 1.18. The quantitative estimate of drug-likeness (QED) is 0.897. The summed E-state index contributed by atoms with van der Waals surface area (Å²) in [5, 5.41) is 12.2. The van der Waals surface area contributed by atoms with Gasteiger partial charge in [0.1, 0.15) is 11.5 Å². The van der Waals surface area contributed by atoms with Crippen LogP contribution in [0.5, 0.6) is 0 Å². The van der Waals surface area contributed by atoms with Crippen molar-refractivity contribution >= 4 is 18.4 Å². The molecule has 0 saturated carbocycles. The van der Waals surface area contributed by atoms with Crippen LogP contribution in [0, 0.1) is 0 Å². The highest BCUT2D eigenvalue weighted by Gasteiger charge is 2.11. The molecule has 0 fully saturated rings. The Bertz CT molecular complexity index is 597. The first kappa shape index (κ1) is 17.3. The van der Waals surface area contributed by atoms with Crippen molar-refractivity contribution < 1.29 is 14.3 Å². The van der Waals surface area contributed by atoms with E-state index in [1.54, 1.807) is 24.3 Å². The number of furan rings is 1. The number of hydrogen-bond donors (Lipinski definition) is 2. The molecular weight excluding hydrogens is 290 g/mol. The molecule has 2 N–H and O–H groups in total. The molecule has 21 heavy (non-hydrogen) atoms. The van der Waals surface area contributed by atoms with Crippen LogP contribution in [0.15, 0.2) is 40.8 Å². The lowest BCUT2D eigenvalue weighted by Gasteiger charge is -2.19. The van der Waals surface area contributed by atoms with E-state index in [4.69, 9.17) is 9.52 Å². The van der Waals surface area contributed by atoms with Gasteiger partial charge in [-0.2, -0.15) is 0 Å². The average Bonchev–Trinajstić information content (AvgIpc) is 2.84. The van der Waals surface area contributed by atoms with Gasteiger partial charge in [-0.15, -0.1) is 12.4 Å². The molecule has 0 aliphatic carbocycles. The number of nitrogens with one attached hydrogen (secondary N) is 1. The van der Waals surface area contributed by atoms with Gasteiger partial charge in [-0.25, -0.2) is 4.79 Å². The number of carboxylic acid groups (broad SMARTS) is 1. The molecule has 0 spiro atoms. The zero-order valence-corrected chi connectivity index (χ0v) is 13.2. The fraction of sp³-hybridized carbons (Fsp3) is 0.312. The third-order valence-corrected chi connectivity index (χ3v) is 2.87. The van der Waals surface area contributed by atoms with E-state index < -0.39 is 5.97 Å². The first-order chi connectivity index (χ1) is 9.35. The standard InChI is InChI=1S/C16H19NO3.ClH/c1-16(2,3)17-10-13-8-9-14(20-13)11-4-6-12(7-5-11)15(18)19;/h4-9,17H,10H2,1-3H3,(H,18,19);1H. The van der Waals surface area contributed by atoms with Crippen LogP contribution in [0.3, 0.4) is 0 Å². The van der Waals surface area contributed by atoms with E-state index in [0.29, 0.717) is 6.54 Å². The van der Waals surface area contributed by atoms with Crippen molar-refractivity contribution in [2.24, 2.45) is 0 Å². The number of carbonyl (C=O) groups is 1. The molecule has 2 aromatic rings. The maximum absolute atomic E-state index is 10.8. The summed E-state index contributed by atoms with van der Waals surface area (Å²) in [6, 6.07) is 10.5. The Morgan fingerprint density at radius 3 is 2.29 bits per heavy atom. The lowest BCUT2D eigenvalue weighted by atomic mass is 10.1. The van der Waals surface area contributed by atoms with E-state index in [-0.39, 0.29) is 23.5 Å². The van der Waals surface area contributed by atoms with Gasteiger partial charge in [-0.1, -0.05) is 12.1 Å². The molecule has 1 heterocycles. The van der Waals surface area contributed by atoms with Crippen molar-refractivity contribution in [2.75, 3.05) is 0 Å². The van der Waals surface area contributed by atoms with Gasteiger partial charge >= 0.3 is 5.97 Å². The first-order valence-corrected chi connectivity index (χ1v) is 6.53. The van der Waals surface area contributed by atoms with E-state index in [1.807, 2.05) is 12.1 Å². The van der Waals surface area contributed by atoms with Gasteiger partial charge in [0, 0.05) is 11.1 Å². The Labute approximate surface area is 130 Å². The van der Waals surface area contributed by atoms with Gasteiger partial charge in [0.05, 0.1) is 12.1 Å². The summed E-state index contributed by atoms with van der Waals surface area (Å²) in [4.78, 5) is 10.8. The molecule has 0 bridgehead atoms. The predicted octanol–water partition coefficient (Wildman–Crippen LogP) is 3.95. The molecule has 114 valence electrons. The van der Waals surface area contributed by atoms with Crippen LogP contribution in [0.2, 0.25) is 0 Å². The molecule has 0 saturated heterocycles. The summed E-state index contributed by atoms with van der Waals surface area (Å²) in [6.45, 7) is 6.96. The minimum atomic E-state index is -0.925. The summed E-state index contributed by atoms with van der Waals surface area (Å²) in [7, 11) is 0. The molecule has 0 atom stereocenters. The van der Waals surface area contributed by atoms with Crippen LogP contribution < -0.4 is 5.32 Å². The van der Waals surface area contributed by atoms with Gasteiger partial charge in [-0.3, -0.25) is 0 Å². The van der Waals surface area contributed by atoms with Crippen LogP contribution in [-0.2, 0) is 6.54 Å². The zero-order valence-electron chi connectivity index (χ0n) is 12.3. The van der Waals surface area contributed by atoms with E-state index in [0.717, 1.165) is 17.1 Å². The highest BCUT2D eigenvalue weighted by atomic mass is 35.5. The molecule has 0 radical (unpaired) electrons. The summed E-state index contributed by atoms with van der Waals surface area (Å²) >= 11 is 0. The maximum Gasteiger partial charge on any atom is 0.335 e. The second-order valence-electron chi connectivity index (χ2n) is 5.75. The molecule has 0 aliphatic rings. The van der Waals surface area contributed by atoms with Crippen LogP contribution in [0.25, 0.3) is 11.3 Å². The van der Waals surface area contributed by atoms with E-state index in [9.17, 15) is 4.79 Å². The van der Waals surface area contributed by atoms with Gasteiger partial charge < -0.3 is 14.8 Å². The summed E-state index contributed by atoms with van der Waals surface area (Å²) in [5.74, 6) is 0.677. The van der Waals surface area contributed by atoms with Crippen molar-refractivity contribution in [1.82, 2.24) is 5.32 Å². The Hall–Kier alpha value is -1.78. The lowest BCUT2D eigenvalue weighted by molar-refractivity contribution is 0.0697. The number of hydrogen-bond acceptors (Lipinski definition) is 3. The van der Waals surface area contributed by atoms with E-state index in [2.05, 4.69) is 26.1 Å². The van der Waals surface area contributed by atoms with Crippen LogP contribution in [0.4, 0.5) is 0 Å². The fourth-order valence-electron chi connectivity index (χ4n) is 1.76. The van der Waals surface area contributed by atoms with Crippen molar-refractivity contribution in [3.63, 3.8) is 0 Å². The number of aromatic carboxylic acids is 1. The van der Waals surface area contributed by atoms with Gasteiger partial charge in [-0.05, 0) is 45.0 Å². The molecule has 2 rings (SSSR count). The molecule has 1 aromatic heterocycles. The van der Waals surface area contributed by atoms with Crippen molar-refractivity contribution in [3.8, 4) is 11.3 Å². The monoisotopic (exact) mass is 309 g/mol. The minimum absolute atomic E-state index is 0. The number of halogens is 1. The molecule has 4 nitrogen and oxygen atoms in total. The number of carboxylic acids is 1. The average molecular weight is 310 g/mol. The van der Waals surface area contributed by atoms with Gasteiger partial charge in [0.2, 0.25) is 0 Å². The second-order valence-corrected chi connectivity index (χ2v) is 5.75. The molecule has 0 amide bonds. The van der Waals surface area contributed by atoms with E-state index in [1.165, 1.54) is 0 Å². The normalized spacial score (nSPS) is 11.0. The first-order valence-electron chi connectivity index (χ1n) is 6.53.